The van der Waals surface area contributed by atoms with E-state index in [1.807, 2.05) is 20.9 Å². The smallest absolute Gasteiger partial charge is 0.191 e. The van der Waals surface area contributed by atoms with Crippen molar-refractivity contribution < 1.29 is 4.52 Å². The average Bonchev–Trinajstić information content (AvgIpc) is 2.81. The van der Waals surface area contributed by atoms with E-state index in [4.69, 9.17) is 4.52 Å². The lowest BCUT2D eigenvalue weighted by Crippen LogP contribution is -2.43. The van der Waals surface area contributed by atoms with E-state index in [1.54, 1.807) is 0 Å². The molecule has 0 amide bonds. The summed E-state index contributed by atoms with van der Waals surface area (Å²) in [6, 6.07) is 0.425. The molecule has 1 aromatic rings. The summed E-state index contributed by atoms with van der Waals surface area (Å²) >= 11 is 0. The van der Waals surface area contributed by atoms with Crippen LogP contribution in [0.2, 0.25) is 0 Å². The van der Waals surface area contributed by atoms with Crippen molar-refractivity contribution in [2.45, 2.75) is 72.8 Å². The summed E-state index contributed by atoms with van der Waals surface area (Å²) in [6.45, 7) is 13.7. The zero-order chi connectivity index (χ0) is 17.4. The first-order chi connectivity index (χ1) is 10.8. The van der Waals surface area contributed by atoms with Crippen LogP contribution in [0.3, 0.4) is 0 Å². The predicted octanol–water partition coefficient (Wildman–Crippen LogP) is 4.39. The fourth-order valence-corrected chi connectivity index (χ4v) is 2.88. The van der Waals surface area contributed by atoms with E-state index in [0.717, 1.165) is 36.3 Å². The molecule has 0 bridgehead atoms. The molecule has 140 valence electrons. The minimum atomic E-state index is 0. The van der Waals surface area contributed by atoms with Gasteiger partial charge in [-0.1, -0.05) is 38.8 Å². The molecule has 1 heterocycles. The lowest BCUT2D eigenvalue weighted by atomic mass is 10.00. The number of hydrogen-bond acceptors (Lipinski definition) is 3. The number of halogens is 1. The zero-order valence-corrected chi connectivity index (χ0v) is 18.6. The molecule has 0 saturated carbocycles. The Kier molecular flexibility index (Phi) is 11.3. The van der Waals surface area contributed by atoms with Gasteiger partial charge in [-0.05, 0) is 33.1 Å². The van der Waals surface area contributed by atoms with Gasteiger partial charge in [0.1, 0.15) is 5.76 Å². The second-order valence-electron chi connectivity index (χ2n) is 6.96. The van der Waals surface area contributed by atoms with Gasteiger partial charge in [0, 0.05) is 31.1 Å². The molecule has 5 nitrogen and oxygen atoms in total. The lowest BCUT2D eigenvalue weighted by molar-refractivity contribution is 0.391. The maximum Gasteiger partial charge on any atom is 0.191 e. The van der Waals surface area contributed by atoms with Crippen molar-refractivity contribution in [3.63, 3.8) is 0 Å². The standard InChI is InChI=1S/C18H34N4O.HI/c1-12(2)9-8-10-14(4)21-18(19-7)20-11-13(3)17-15(5)22-23-16(17)6;/h12-14H,8-11H2,1-7H3,(H2,19,20,21);1H. The minimum absolute atomic E-state index is 0. The van der Waals surface area contributed by atoms with Gasteiger partial charge < -0.3 is 15.2 Å². The first kappa shape index (κ1) is 23.2. The quantitative estimate of drug-likeness (QED) is 0.350. The van der Waals surface area contributed by atoms with Crippen molar-refractivity contribution in [2.75, 3.05) is 13.6 Å². The van der Waals surface area contributed by atoms with E-state index in [9.17, 15) is 0 Å². The lowest BCUT2D eigenvalue weighted by Gasteiger charge is -2.20. The third kappa shape index (κ3) is 7.85. The highest BCUT2D eigenvalue weighted by Gasteiger charge is 2.17. The minimum Gasteiger partial charge on any atom is -0.361 e. The van der Waals surface area contributed by atoms with E-state index in [0.29, 0.717) is 12.0 Å². The molecule has 1 rings (SSSR count). The highest BCUT2D eigenvalue weighted by Crippen LogP contribution is 2.22. The van der Waals surface area contributed by atoms with Gasteiger partial charge in [-0.25, -0.2) is 0 Å². The Morgan fingerprint density at radius 3 is 2.33 bits per heavy atom. The number of aromatic nitrogens is 1. The molecule has 2 N–H and O–H groups in total. The number of guanidine groups is 1. The molecule has 6 heteroatoms. The molecule has 1 aromatic heterocycles. The third-order valence-electron chi connectivity index (χ3n) is 4.18. The molecule has 0 spiro atoms. The SMILES string of the molecule is CN=C(NCC(C)c1c(C)noc1C)NC(C)CCCC(C)C.I. The van der Waals surface area contributed by atoms with Crippen LogP contribution in [-0.2, 0) is 0 Å². The molecule has 0 aliphatic heterocycles. The number of aryl methyl sites for hydroxylation is 2. The molecule has 2 atom stereocenters. The molecule has 0 aliphatic carbocycles. The van der Waals surface area contributed by atoms with Crippen molar-refractivity contribution in [3.8, 4) is 0 Å². The van der Waals surface area contributed by atoms with Crippen LogP contribution < -0.4 is 10.6 Å². The summed E-state index contributed by atoms with van der Waals surface area (Å²) in [4.78, 5) is 4.32. The van der Waals surface area contributed by atoms with Gasteiger partial charge in [-0.15, -0.1) is 24.0 Å². The van der Waals surface area contributed by atoms with Crippen molar-refractivity contribution in [1.29, 1.82) is 0 Å². The third-order valence-corrected chi connectivity index (χ3v) is 4.18. The Bertz CT molecular complexity index is 480. The number of nitrogens with zero attached hydrogens (tertiary/aromatic N) is 2. The second-order valence-corrected chi connectivity index (χ2v) is 6.96. The van der Waals surface area contributed by atoms with Gasteiger partial charge in [-0.2, -0.15) is 0 Å². The topological polar surface area (TPSA) is 62.5 Å². The number of nitrogens with one attached hydrogen (secondary N) is 2. The molecular weight excluding hydrogens is 415 g/mol. The van der Waals surface area contributed by atoms with E-state index in [2.05, 4.69) is 48.5 Å². The van der Waals surface area contributed by atoms with Gasteiger partial charge in [0.05, 0.1) is 5.69 Å². The van der Waals surface area contributed by atoms with Crippen molar-refractivity contribution >= 4 is 29.9 Å². The number of hydrogen-bond donors (Lipinski definition) is 2. The Morgan fingerprint density at radius 1 is 1.17 bits per heavy atom. The molecule has 0 aliphatic rings. The van der Waals surface area contributed by atoms with Crippen LogP contribution in [0.5, 0.6) is 0 Å². The highest BCUT2D eigenvalue weighted by molar-refractivity contribution is 14.0. The number of rotatable bonds is 8. The zero-order valence-electron chi connectivity index (χ0n) is 16.3. The van der Waals surface area contributed by atoms with Crippen molar-refractivity contribution in [2.24, 2.45) is 10.9 Å². The molecule has 2 unspecified atom stereocenters. The Labute approximate surface area is 164 Å². The van der Waals surface area contributed by atoms with Crippen LogP contribution in [0.25, 0.3) is 0 Å². The van der Waals surface area contributed by atoms with Crippen LogP contribution in [0.15, 0.2) is 9.52 Å². The summed E-state index contributed by atoms with van der Waals surface area (Å²) in [7, 11) is 1.82. The van der Waals surface area contributed by atoms with Gasteiger partial charge in [0.2, 0.25) is 0 Å². The van der Waals surface area contributed by atoms with Crippen LogP contribution >= 0.6 is 24.0 Å². The maximum absolute atomic E-state index is 5.25. The number of aliphatic imine (C=N–C) groups is 1. The first-order valence-corrected chi connectivity index (χ1v) is 8.75. The molecule has 24 heavy (non-hydrogen) atoms. The summed E-state index contributed by atoms with van der Waals surface area (Å²) in [5.74, 6) is 2.87. The van der Waals surface area contributed by atoms with Crippen molar-refractivity contribution in [1.82, 2.24) is 15.8 Å². The maximum atomic E-state index is 5.25. The Balaban J connectivity index is 0.00000529. The molecular formula is C18H35IN4O. The second kappa shape index (κ2) is 11.7. The summed E-state index contributed by atoms with van der Waals surface area (Å²) in [5, 5.41) is 10.9. The normalized spacial score (nSPS) is 14.2. The molecule has 0 saturated heterocycles. The highest BCUT2D eigenvalue weighted by atomic mass is 127. The Hall–Kier alpha value is -0.790. The first-order valence-electron chi connectivity index (χ1n) is 8.75. The summed E-state index contributed by atoms with van der Waals surface area (Å²) in [6.07, 6.45) is 3.69. The van der Waals surface area contributed by atoms with Gasteiger partial charge >= 0.3 is 0 Å². The fourth-order valence-electron chi connectivity index (χ4n) is 2.88. The largest absolute Gasteiger partial charge is 0.361 e. The van der Waals surface area contributed by atoms with Crippen LogP contribution in [-0.4, -0.2) is 30.8 Å². The Morgan fingerprint density at radius 2 is 1.83 bits per heavy atom. The molecule has 0 radical (unpaired) electrons. The van der Waals surface area contributed by atoms with Gasteiger partial charge in [0.15, 0.2) is 5.96 Å². The summed E-state index contributed by atoms with van der Waals surface area (Å²) in [5.41, 5.74) is 2.17. The van der Waals surface area contributed by atoms with E-state index < -0.39 is 0 Å². The van der Waals surface area contributed by atoms with Crippen molar-refractivity contribution in [3.05, 3.63) is 17.0 Å². The molecule has 0 fully saturated rings. The molecule has 0 aromatic carbocycles. The van der Waals surface area contributed by atoms with E-state index >= 15 is 0 Å². The summed E-state index contributed by atoms with van der Waals surface area (Å²) < 4.78 is 5.25. The fraction of sp³-hybridized carbons (Fsp3) is 0.778. The average molecular weight is 450 g/mol. The van der Waals surface area contributed by atoms with Gasteiger partial charge in [0.25, 0.3) is 0 Å². The van der Waals surface area contributed by atoms with Crippen LogP contribution in [0.1, 0.15) is 69.9 Å². The predicted molar refractivity (Wildman–Crippen MR) is 112 cm³/mol. The van der Waals surface area contributed by atoms with Crippen LogP contribution in [0.4, 0.5) is 0 Å². The van der Waals surface area contributed by atoms with Crippen LogP contribution in [0, 0.1) is 19.8 Å². The van der Waals surface area contributed by atoms with E-state index in [-0.39, 0.29) is 24.0 Å². The van der Waals surface area contributed by atoms with Gasteiger partial charge in [-0.3, -0.25) is 4.99 Å². The monoisotopic (exact) mass is 450 g/mol. The van der Waals surface area contributed by atoms with E-state index in [1.165, 1.54) is 18.4 Å².